The zero-order valence-electron chi connectivity index (χ0n) is 20.0. The zero-order chi connectivity index (χ0) is 24.5. The number of aromatic nitrogens is 4. The predicted molar refractivity (Wildman–Crippen MR) is 131 cm³/mol. The van der Waals surface area contributed by atoms with Gasteiger partial charge < -0.3 is 10.2 Å². The first-order valence-corrected chi connectivity index (χ1v) is 12.2. The number of halogens is 3. The Labute approximate surface area is 202 Å². The molecule has 3 aromatic heterocycles. The second kappa shape index (κ2) is 9.93. The minimum atomic E-state index is -2.39. The maximum Gasteiger partial charge on any atom is 0.241 e. The summed E-state index contributed by atoms with van der Waals surface area (Å²) < 4.78 is 41.4. The first kappa shape index (κ1) is 23.7. The summed E-state index contributed by atoms with van der Waals surface area (Å²) in [5.74, 6) is 0.195. The first-order valence-electron chi connectivity index (χ1n) is 12.2. The normalized spacial score (nSPS) is 20.2. The molecule has 0 amide bonds. The number of nitrogens with zero attached hydrogens (tertiary/aromatic N) is 6. The molecular formula is C25H30F3N7. The molecule has 2 aliphatic rings. The third-order valence-electron chi connectivity index (χ3n) is 6.73. The number of aliphatic imine (C=N–C) groups is 1. The van der Waals surface area contributed by atoms with E-state index >= 15 is 0 Å². The molecular weight excluding hydrogens is 455 g/mol. The third-order valence-corrected chi connectivity index (χ3v) is 6.73. The molecule has 10 heteroatoms. The van der Waals surface area contributed by atoms with Crippen LogP contribution in [0.25, 0.3) is 16.8 Å². The van der Waals surface area contributed by atoms with Crippen molar-refractivity contribution in [3.63, 3.8) is 0 Å². The number of likely N-dealkylation sites (tertiary alicyclic amines) is 1. The average Bonchev–Trinajstić information content (AvgIpc) is 3.23. The highest BCUT2D eigenvalue weighted by atomic mass is 19.3. The molecule has 35 heavy (non-hydrogen) atoms. The van der Waals surface area contributed by atoms with E-state index in [0.717, 1.165) is 42.7 Å². The van der Waals surface area contributed by atoms with E-state index in [9.17, 15) is 13.2 Å². The third kappa shape index (κ3) is 5.32. The number of rotatable bonds is 7. The van der Waals surface area contributed by atoms with E-state index in [0.29, 0.717) is 36.0 Å². The number of nitrogens with one attached hydrogen (secondary N) is 1. The molecule has 2 atom stereocenters. The van der Waals surface area contributed by atoms with Crippen LogP contribution in [0.3, 0.4) is 0 Å². The van der Waals surface area contributed by atoms with Crippen LogP contribution in [0.2, 0.25) is 0 Å². The Kier molecular flexibility index (Phi) is 6.73. The second-order valence-corrected chi connectivity index (χ2v) is 9.62. The van der Waals surface area contributed by atoms with Gasteiger partial charge in [0.2, 0.25) is 12.4 Å². The van der Waals surface area contributed by atoms with E-state index in [1.165, 1.54) is 0 Å². The fourth-order valence-corrected chi connectivity index (χ4v) is 5.11. The Morgan fingerprint density at radius 1 is 1.14 bits per heavy atom. The van der Waals surface area contributed by atoms with Gasteiger partial charge in [-0.05, 0) is 51.3 Å². The number of hydrogen-bond acceptors (Lipinski definition) is 6. The fraction of sp³-hybridized carbons (Fsp3) is 0.520. The van der Waals surface area contributed by atoms with Crippen LogP contribution in [0.5, 0.6) is 0 Å². The van der Waals surface area contributed by atoms with E-state index in [2.05, 4.69) is 25.3 Å². The van der Waals surface area contributed by atoms with E-state index in [1.807, 2.05) is 31.3 Å². The van der Waals surface area contributed by atoms with Crippen LogP contribution in [0, 0.1) is 0 Å². The smallest absolute Gasteiger partial charge is 0.241 e. The minimum absolute atomic E-state index is 0.226. The van der Waals surface area contributed by atoms with Gasteiger partial charge in [0.05, 0.1) is 28.8 Å². The highest BCUT2D eigenvalue weighted by Gasteiger charge is 2.27. The van der Waals surface area contributed by atoms with E-state index < -0.39 is 12.6 Å². The van der Waals surface area contributed by atoms with Gasteiger partial charge in [-0.2, -0.15) is 0 Å². The van der Waals surface area contributed by atoms with E-state index in [4.69, 9.17) is 4.98 Å². The lowest BCUT2D eigenvalue weighted by Gasteiger charge is -2.32. The van der Waals surface area contributed by atoms with Gasteiger partial charge in [-0.25, -0.2) is 22.7 Å². The summed E-state index contributed by atoms with van der Waals surface area (Å²) in [6.07, 6.45) is 2.49. The van der Waals surface area contributed by atoms with Gasteiger partial charge in [-0.15, -0.1) is 5.10 Å². The molecule has 0 spiro atoms. The van der Waals surface area contributed by atoms with Crippen LogP contribution in [-0.2, 0) is 0 Å². The maximum absolute atomic E-state index is 13.3. The van der Waals surface area contributed by atoms with Crippen LogP contribution in [-0.4, -0.2) is 68.5 Å². The summed E-state index contributed by atoms with van der Waals surface area (Å²) in [6.45, 7) is 5.64. The molecule has 2 unspecified atom stereocenters. The van der Waals surface area contributed by atoms with Crippen molar-refractivity contribution in [1.29, 1.82) is 0 Å². The van der Waals surface area contributed by atoms with Gasteiger partial charge in [-0.1, -0.05) is 0 Å². The van der Waals surface area contributed by atoms with Gasteiger partial charge in [0.1, 0.15) is 6.17 Å². The van der Waals surface area contributed by atoms with Gasteiger partial charge in [0, 0.05) is 55.5 Å². The van der Waals surface area contributed by atoms with Crippen molar-refractivity contribution >= 4 is 22.9 Å². The second-order valence-electron chi connectivity index (χ2n) is 9.62. The SMILES string of the molecule is CC1=Nc2ccc(-c3ccn4nc(NC5CCN(CC(C)F)CC5)ncc34)nc2C(CC(F)F)C1. The Morgan fingerprint density at radius 3 is 2.69 bits per heavy atom. The van der Waals surface area contributed by atoms with Gasteiger partial charge in [0.25, 0.3) is 0 Å². The molecule has 2 aliphatic heterocycles. The lowest BCUT2D eigenvalue weighted by molar-refractivity contribution is 0.128. The largest absolute Gasteiger partial charge is 0.350 e. The van der Waals surface area contributed by atoms with Crippen molar-refractivity contribution in [3.05, 3.63) is 36.3 Å². The van der Waals surface area contributed by atoms with Crippen LogP contribution in [0.15, 0.2) is 35.6 Å². The van der Waals surface area contributed by atoms with Crippen molar-refractivity contribution in [2.24, 2.45) is 4.99 Å². The molecule has 5 heterocycles. The Hall–Kier alpha value is -3.01. The minimum Gasteiger partial charge on any atom is -0.350 e. The average molecular weight is 486 g/mol. The Morgan fingerprint density at radius 2 is 1.94 bits per heavy atom. The molecule has 1 fully saturated rings. The Bertz CT molecular complexity index is 1210. The summed E-state index contributed by atoms with van der Waals surface area (Å²) >= 11 is 0. The van der Waals surface area contributed by atoms with Crippen molar-refractivity contribution in [1.82, 2.24) is 24.5 Å². The van der Waals surface area contributed by atoms with Crippen LogP contribution in [0.1, 0.15) is 51.1 Å². The zero-order valence-corrected chi connectivity index (χ0v) is 20.0. The van der Waals surface area contributed by atoms with Crippen molar-refractivity contribution in [2.75, 3.05) is 25.0 Å². The standard InChI is InChI=1S/C25H30F3N7/c1-15(26)14-34-8-5-18(6-9-34)31-25-29-13-22-19(7-10-35(22)33-25)20-3-4-21-24(32-20)17(12-23(27)28)11-16(2)30-21/h3-4,7,10,13,15,17-18,23H,5-6,8-9,11-12,14H2,1-2H3,(H,31,33). The van der Waals surface area contributed by atoms with E-state index in [-0.39, 0.29) is 18.4 Å². The molecule has 0 aliphatic carbocycles. The predicted octanol–water partition coefficient (Wildman–Crippen LogP) is 5.26. The Balaban J connectivity index is 1.34. The lowest BCUT2D eigenvalue weighted by atomic mass is 9.91. The maximum atomic E-state index is 13.3. The number of fused-ring (bicyclic) bond motifs is 2. The number of hydrogen-bond donors (Lipinski definition) is 1. The molecule has 1 saturated heterocycles. The summed E-state index contributed by atoms with van der Waals surface area (Å²) in [5, 5.41) is 8.01. The van der Waals surface area contributed by atoms with Crippen LogP contribution in [0.4, 0.5) is 24.8 Å². The molecule has 7 nitrogen and oxygen atoms in total. The number of piperidine rings is 1. The van der Waals surface area contributed by atoms with Crippen molar-refractivity contribution < 1.29 is 13.2 Å². The molecule has 5 rings (SSSR count). The molecule has 0 bridgehead atoms. The van der Waals surface area contributed by atoms with Gasteiger partial charge in [-0.3, -0.25) is 9.98 Å². The monoisotopic (exact) mass is 485 g/mol. The topological polar surface area (TPSA) is 70.7 Å². The van der Waals surface area contributed by atoms with Crippen molar-refractivity contribution in [2.45, 2.75) is 64.1 Å². The summed E-state index contributed by atoms with van der Waals surface area (Å²) in [6, 6.07) is 5.88. The number of anilines is 1. The summed E-state index contributed by atoms with van der Waals surface area (Å²) in [4.78, 5) is 15.9. The summed E-state index contributed by atoms with van der Waals surface area (Å²) in [7, 11) is 0. The van der Waals surface area contributed by atoms with Crippen LogP contribution < -0.4 is 5.32 Å². The van der Waals surface area contributed by atoms with Crippen molar-refractivity contribution in [3.8, 4) is 11.3 Å². The molecule has 3 aromatic rings. The molecule has 0 aromatic carbocycles. The van der Waals surface area contributed by atoms with Gasteiger partial charge >= 0.3 is 0 Å². The van der Waals surface area contributed by atoms with Crippen LogP contribution >= 0.6 is 0 Å². The highest BCUT2D eigenvalue weighted by Crippen LogP contribution is 2.38. The highest BCUT2D eigenvalue weighted by molar-refractivity contribution is 5.88. The number of alkyl halides is 3. The quantitative estimate of drug-likeness (QED) is 0.494. The first-order chi connectivity index (χ1) is 16.9. The molecule has 0 saturated carbocycles. The number of pyridine rings is 1. The fourth-order valence-electron chi connectivity index (χ4n) is 5.11. The van der Waals surface area contributed by atoms with E-state index in [1.54, 1.807) is 17.6 Å². The summed E-state index contributed by atoms with van der Waals surface area (Å²) in [5.41, 5.74) is 4.47. The molecule has 186 valence electrons. The lowest BCUT2D eigenvalue weighted by Crippen LogP contribution is -2.41. The molecule has 1 N–H and O–H groups in total. The molecule has 0 radical (unpaired) electrons. The van der Waals surface area contributed by atoms with Gasteiger partial charge in [0.15, 0.2) is 0 Å².